The van der Waals surface area contributed by atoms with Crippen molar-refractivity contribution in [2.45, 2.75) is 26.7 Å². The molecule has 0 saturated carbocycles. The molecule has 0 saturated heterocycles. The van der Waals surface area contributed by atoms with Crippen LogP contribution in [0, 0.1) is 5.41 Å². The summed E-state index contributed by atoms with van der Waals surface area (Å²) in [6.45, 7) is 3.19. The fourth-order valence-corrected chi connectivity index (χ4v) is 2.66. The highest BCUT2D eigenvalue weighted by Gasteiger charge is 2.04. The molecule has 0 aliphatic heterocycles. The Labute approximate surface area is 127 Å². The standard InChI is InChI=1S/C15H18N4OS/c1-10(16)17-13-6-3-12(4-7-13)5-8-14-9-21-15(19-14)18-11(2)20/h3-4,6-7,9H,5,8H2,1-2H3,(H2,16,17)(H,18,19,20). The lowest BCUT2D eigenvalue weighted by atomic mass is 10.1. The molecule has 110 valence electrons. The minimum atomic E-state index is -0.0968. The second kappa shape index (κ2) is 6.99. The van der Waals surface area contributed by atoms with E-state index in [2.05, 4.69) is 15.6 Å². The number of nitrogens with one attached hydrogen (secondary N) is 3. The Morgan fingerprint density at radius 2 is 1.90 bits per heavy atom. The molecule has 0 aliphatic rings. The highest BCUT2D eigenvalue weighted by atomic mass is 32.1. The quantitative estimate of drug-likeness (QED) is 0.586. The Morgan fingerprint density at radius 1 is 1.19 bits per heavy atom. The minimum Gasteiger partial charge on any atom is -0.344 e. The molecule has 3 N–H and O–H groups in total. The lowest BCUT2D eigenvalue weighted by molar-refractivity contribution is -0.114. The molecule has 2 rings (SSSR count). The topological polar surface area (TPSA) is 77.9 Å². The third-order valence-corrected chi connectivity index (χ3v) is 3.60. The summed E-state index contributed by atoms with van der Waals surface area (Å²) >= 11 is 1.45. The van der Waals surface area contributed by atoms with Gasteiger partial charge in [0.1, 0.15) is 0 Å². The third-order valence-electron chi connectivity index (χ3n) is 2.79. The number of aromatic nitrogens is 1. The number of anilines is 2. The van der Waals surface area contributed by atoms with Gasteiger partial charge < -0.3 is 10.6 Å². The van der Waals surface area contributed by atoms with Crippen molar-refractivity contribution in [3.63, 3.8) is 0 Å². The zero-order valence-corrected chi connectivity index (χ0v) is 12.9. The number of carbonyl (C=O) groups excluding carboxylic acids is 1. The van der Waals surface area contributed by atoms with E-state index in [0.717, 1.165) is 24.2 Å². The van der Waals surface area contributed by atoms with Crippen LogP contribution in [-0.4, -0.2) is 16.7 Å². The normalized spacial score (nSPS) is 10.2. The summed E-state index contributed by atoms with van der Waals surface area (Å²) in [7, 11) is 0. The predicted molar refractivity (Wildman–Crippen MR) is 87.3 cm³/mol. The Hall–Kier alpha value is -2.21. The molecule has 1 aromatic carbocycles. The van der Waals surface area contributed by atoms with Gasteiger partial charge in [-0.1, -0.05) is 12.1 Å². The van der Waals surface area contributed by atoms with E-state index in [9.17, 15) is 4.79 Å². The first-order valence-corrected chi connectivity index (χ1v) is 7.54. The summed E-state index contributed by atoms with van der Waals surface area (Å²) in [4.78, 5) is 15.3. The van der Waals surface area contributed by atoms with Gasteiger partial charge in [0.05, 0.1) is 11.5 Å². The van der Waals surface area contributed by atoms with Gasteiger partial charge in [-0.15, -0.1) is 11.3 Å². The Morgan fingerprint density at radius 3 is 2.52 bits per heavy atom. The second-order valence-electron chi connectivity index (χ2n) is 4.77. The van der Waals surface area contributed by atoms with Gasteiger partial charge in [-0.3, -0.25) is 10.2 Å². The summed E-state index contributed by atoms with van der Waals surface area (Å²) in [5.41, 5.74) is 3.13. The first-order valence-electron chi connectivity index (χ1n) is 6.66. The largest absolute Gasteiger partial charge is 0.344 e. The zero-order valence-electron chi connectivity index (χ0n) is 12.1. The zero-order chi connectivity index (χ0) is 15.2. The number of benzene rings is 1. The number of aryl methyl sites for hydroxylation is 2. The SMILES string of the molecule is CC(=N)Nc1ccc(CCc2csc(NC(C)=O)n2)cc1. The maximum Gasteiger partial charge on any atom is 0.223 e. The van der Waals surface area contributed by atoms with Gasteiger partial charge >= 0.3 is 0 Å². The number of amides is 1. The number of nitrogens with zero attached hydrogens (tertiary/aromatic N) is 1. The van der Waals surface area contributed by atoms with E-state index in [1.807, 2.05) is 29.6 Å². The van der Waals surface area contributed by atoms with E-state index >= 15 is 0 Å². The minimum absolute atomic E-state index is 0.0968. The van der Waals surface area contributed by atoms with Crippen molar-refractivity contribution < 1.29 is 4.79 Å². The molecule has 6 heteroatoms. The first-order chi connectivity index (χ1) is 10.0. The predicted octanol–water partition coefficient (Wildman–Crippen LogP) is 3.30. The van der Waals surface area contributed by atoms with Crippen LogP contribution in [0.25, 0.3) is 0 Å². The van der Waals surface area contributed by atoms with Crippen LogP contribution in [0.3, 0.4) is 0 Å². The van der Waals surface area contributed by atoms with Crippen LogP contribution < -0.4 is 10.6 Å². The third kappa shape index (κ3) is 5.00. The van der Waals surface area contributed by atoms with Gasteiger partial charge in [0, 0.05) is 18.0 Å². The lowest BCUT2D eigenvalue weighted by Crippen LogP contribution is -2.05. The number of thiazole rings is 1. The maximum atomic E-state index is 10.9. The van der Waals surface area contributed by atoms with Crippen LogP contribution in [-0.2, 0) is 17.6 Å². The molecule has 21 heavy (non-hydrogen) atoms. The Balaban J connectivity index is 1.89. The monoisotopic (exact) mass is 302 g/mol. The van der Waals surface area contributed by atoms with E-state index in [0.29, 0.717) is 11.0 Å². The van der Waals surface area contributed by atoms with Gasteiger partial charge in [0.25, 0.3) is 0 Å². The highest BCUT2D eigenvalue weighted by molar-refractivity contribution is 7.13. The van der Waals surface area contributed by atoms with Gasteiger partial charge in [-0.2, -0.15) is 0 Å². The van der Waals surface area contributed by atoms with Crippen molar-refractivity contribution in [1.82, 2.24) is 4.98 Å². The number of amidine groups is 1. The number of carbonyl (C=O) groups is 1. The van der Waals surface area contributed by atoms with Crippen LogP contribution in [0.2, 0.25) is 0 Å². The average molecular weight is 302 g/mol. The molecule has 0 bridgehead atoms. The summed E-state index contributed by atoms with van der Waals surface area (Å²) in [5, 5.41) is 15.7. The molecule has 0 spiro atoms. The van der Waals surface area contributed by atoms with Crippen molar-refractivity contribution in [3.8, 4) is 0 Å². The van der Waals surface area contributed by atoms with Crippen LogP contribution in [0.15, 0.2) is 29.6 Å². The highest BCUT2D eigenvalue weighted by Crippen LogP contribution is 2.17. The summed E-state index contributed by atoms with van der Waals surface area (Å²) in [5.74, 6) is 0.330. The van der Waals surface area contributed by atoms with Crippen molar-refractivity contribution in [2.24, 2.45) is 0 Å². The molecular weight excluding hydrogens is 284 g/mol. The van der Waals surface area contributed by atoms with Crippen LogP contribution in [0.5, 0.6) is 0 Å². The van der Waals surface area contributed by atoms with E-state index in [4.69, 9.17) is 5.41 Å². The van der Waals surface area contributed by atoms with Crippen molar-refractivity contribution in [3.05, 3.63) is 40.9 Å². The van der Waals surface area contributed by atoms with Crippen molar-refractivity contribution in [1.29, 1.82) is 5.41 Å². The fraction of sp³-hybridized carbons (Fsp3) is 0.267. The molecule has 1 heterocycles. The van der Waals surface area contributed by atoms with E-state index in [1.165, 1.54) is 23.8 Å². The van der Waals surface area contributed by atoms with Crippen molar-refractivity contribution >= 4 is 33.9 Å². The molecule has 0 atom stereocenters. The van der Waals surface area contributed by atoms with Crippen molar-refractivity contribution in [2.75, 3.05) is 10.6 Å². The number of hydrogen-bond donors (Lipinski definition) is 3. The molecule has 1 aromatic heterocycles. The van der Waals surface area contributed by atoms with Gasteiger partial charge in [0.15, 0.2) is 5.13 Å². The average Bonchev–Trinajstić information content (AvgIpc) is 2.84. The number of hydrogen-bond acceptors (Lipinski definition) is 4. The van der Waals surface area contributed by atoms with E-state index in [1.54, 1.807) is 6.92 Å². The van der Waals surface area contributed by atoms with Gasteiger partial charge in [0.2, 0.25) is 5.91 Å². The summed E-state index contributed by atoms with van der Waals surface area (Å²) < 4.78 is 0. The van der Waals surface area contributed by atoms with Crippen LogP contribution in [0.1, 0.15) is 25.1 Å². The smallest absolute Gasteiger partial charge is 0.223 e. The molecule has 2 aromatic rings. The Bertz CT molecular complexity index is 633. The van der Waals surface area contributed by atoms with Crippen LogP contribution >= 0.6 is 11.3 Å². The van der Waals surface area contributed by atoms with E-state index < -0.39 is 0 Å². The molecule has 0 radical (unpaired) electrons. The van der Waals surface area contributed by atoms with Gasteiger partial charge in [-0.05, 0) is 37.5 Å². The lowest BCUT2D eigenvalue weighted by Gasteiger charge is -2.05. The fourth-order valence-electron chi connectivity index (χ4n) is 1.87. The van der Waals surface area contributed by atoms with E-state index in [-0.39, 0.29) is 5.91 Å². The maximum absolute atomic E-state index is 10.9. The number of rotatable bonds is 5. The first kappa shape index (κ1) is 15.2. The second-order valence-corrected chi connectivity index (χ2v) is 5.63. The Kier molecular flexibility index (Phi) is 5.05. The van der Waals surface area contributed by atoms with Crippen LogP contribution in [0.4, 0.5) is 10.8 Å². The molecule has 5 nitrogen and oxygen atoms in total. The molecule has 0 unspecified atom stereocenters. The van der Waals surface area contributed by atoms with Gasteiger partial charge in [-0.25, -0.2) is 4.98 Å². The molecular formula is C15H18N4OS. The molecule has 1 amide bonds. The summed E-state index contributed by atoms with van der Waals surface area (Å²) in [6.07, 6.45) is 1.74. The molecule has 0 aliphatic carbocycles. The summed E-state index contributed by atoms with van der Waals surface area (Å²) in [6, 6.07) is 8.03. The molecule has 0 fully saturated rings.